The van der Waals surface area contributed by atoms with Crippen molar-refractivity contribution in [3.63, 3.8) is 0 Å². The van der Waals surface area contributed by atoms with Gasteiger partial charge >= 0.3 is 0 Å². The molecule has 0 aliphatic carbocycles. The van der Waals surface area contributed by atoms with Crippen LogP contribution in [0, 0.1) is 11.8 Å². The van der Waals surface area contributed by atoms with Gasteiger partial charge in [-0.1, -0.05) is 5.92 Å². The second kappa shape index (κ2) is 4.94. The predicted molar refractivity (Wildman–Crippen MR) is 69.7 cm³/mol. The Kier molecular flexibility index (Phi) is 3.36. The summed E-state index contributed by atoms with van der Waals surface area (Å²) in [5, 5.41) is 10.4. The largest absolute Gasteiger partial charge is 0.508 e. The van der Waals surface area contributed by atoms with Gasteiger partial charge in [-0.05, 0) is 38.2 Å². The zero-order valence-corrected chi connectivity index (χ0v) is 10.1. The lowest BCUT2D eigenvalue weighted by Gasteiger charge is -2.11. The third-order valence-electron chi connectivity index (χ3n) is 2.63. The molecule has 2 aromatic rings. The highest BCUT2D eigenvalue weighted by molar-refractivity contribution is 5.81. The molecule has 1 aromatic heterocycles. The second-order valence-corrected chi connectivity index (χ2v) is 4.17. The van der Waals surface area contributed by atoms with Gasteiger partial charge in [-0.15, -0.1) is 5.92 Å². The molecule has 88 valence electrons. The van der Waals surface area contributed by atoms with Crippen molar-refractivity contribution in [2.75, 3.05) is 13.6 Å². The van der Waals surface area contributed by atoms with Crippen LogP contribution in [0.25, 0.3) is 10.9 Å². The number of aromatic amines is 1. The van der Waals surface area contributed by atoms with Gasteiger partial charge in [0.1, 0.15) is 5.75 Å². The standard InChI is InChI=1S/C14H16N2O/c1-3-4-7-16(2)10-12-8-11-9-13(17)5-6-14(11)15-12/h5-6,8-9,15,17H,7,10H2,1-2H3. The monoisotopic (exact) mass is 228 g/mol. The van der Waals surface area contributed by atoms with Crippen LogP contribution in [0.1, 0.15) is 12.6 Å². The van der Waals surface area contributed by atoms with Gasteiger partial charge in [-0.3, -0.25) is 4.90 Å². The number of nitrogens with one attached hydrogen (secondary N) is 1. The van der Waals surface area contributed by atoms with E-state index in [-0.39, 0.29) is 0 Å². The minimum absolute atomic E-state index is 0.299. The Morgan fingerprint density at radius 3 is 2.94 bits per heavy atom. The van der Waals surface area contributed by atoms with Gasteiger partial charge in [0.15, 0.2) is 0 Å². The molecule has 0 aliphatic rings. The summed E-state index contributed by atoms with van der Waals surface area (Å²) in [6.45, 7) is 3.43. The molecule has 0 bridgehead atoms. The van der Waals surface area contributed by atoms with E-state index in [0.29, 0.717) is 5.75 Å². The molecule has 3 heteroatoms. The third kappa shape index (κ3) is 2.80. The summed E-state index contributed by atoms with van der Waals surface area (Å²) in [7, 11) is 2.04. The predicted octanol–water partition coefficient (Wildman–Crippen LogP) is 2.33. The number of hydrogen-bond donors (Lipinski definition) is 2. The van der Waals surface area contributed by atoms with Crippen molar-refractivity contribution in [1.29, 1.82) is 0 Å². The van der Waals surface area contributed by atoms with Crippen LogP contribution in [0.5, 0.6) is 5.75 Å². The fourth-order valence-electron chi connectivity index (χ4n) is 1.83. The molecule has 1 heterocycles. The highest BCUT2D eigenvalue weighted by atomic mass is 16.3. The molecular weight excluding hydrogens is 212 g/mol. The zero-order chi connectivity index (χ0) is 12.3. The number of nitrogens with zero attached hydrogens (tertiary/aromatic N) is 1. The van der Waals surface area contributed by atoms with Gasteiger partial charge in [0.25, 0.3) is 0 Å². The average molecular weight is 228 g/mol. The summed E-state index contributed by atoms with van der Waals surface area (Å²) < 4.78 is 0. The highest BCUT2D eigenvalue weighted by Gasteiger charge is 2.03. The zero-order valence-electron chi connectivity index (χ0n) is 10.1. The van der Waals surface area contributed by atoms with Crippen LogP contribution in [0.15, 0.2) is 24.3 Å². The molecule has 1 aromatic carbocycles. The van der Waals surface area contributed by atoms with E-state index >= 15 is 0 Å². The number of aromatic nitrogens is 1. The number of benzene rings is 1. The van der Waals surface area contributed by atoms with E-state index in [1.807, 2.05) is 20.0 Å². The first kappa shape index (κ1) is 11.6. The summed E-state index contributed by atoms with van der Waals surface area (Å²) in [4.78, 5) is 5.47. The Hall–Kier alpha value is -1.92. The summed E-state index contributed by atoms with van der Waals surface area (Å²) >= 11 is 0. The van der Waals surface area contributed by atoms with Crippen LogP contribution in [-0.4, -0.2) is 28.6 Å². The Balaban J connectivity index is 2.15. The molecule has 17 heavy (non-hydrogen) atoms. The maximum absolute atomic E-state index is 9.39. The number of aromatic hydroxyl groups is 1. The average Bonchev–Trinajstić information content (AvgIpc) is 2.67. The van der Waals surface area contributed by atoms with E-state index < -0.39 is 0 Å². The van der Waals surface area contributed by atoms with Crippen LogP contribution in [0.2, 0.25) is 0 Å². The smallest absolute Gasteiger partial charge is 0.116 e. The van der Waals surface area contributed by atoms with Crippen LogP contribution in [0.4, 0.5) is 0 Å². The fourth-order valence-corrected chi connectivity index (χ4v) is 1.83. The fraction of sp³-hybridized carbons (Fsp3) is 0.286. The topological polar surface area (TPSA) is 39.3 Å². The first-order valence-corrected chi connectivity index (χ1v) is 5.58. The summed E-state index contributed by atoms with van der Waals surface area (Å²) in [5.74, 6) is 6.22. The van der Waals surface area contributed by atoms with Gasteiger partial charge in [-0.2, -0.15) is 0 Å². The molecule has 2 rings (SSSR count). The minimum Gasteiger partial charge on any atom is -0.508 e. The molecule has 0 atom stereocenters. The Bertz CT molecular complexity index is 575. The number of H-pyrrole nitrogens is 1. The Labute approximate surface area is 101 Å². The van der Waals surface area contributed by atoms with Gasteiger partial charge in [-0.25, -0.2) is 0 Å². The molecule has 2 N–H and O–H groups in total. The Morgan fingerprint density at radius 1 is 1.35 bits per heavy atom. The number of rotatable bonds is 3. The van der Waals surface area contributed by atoms with Crippen molar-refractivity contribution in [2.24, 2.45) is 0 Å². The molecule has 0 saturated heterocycles. The highest BCUT2D eigenvalue weighted by Crippen LogP contribution is 2.20. The van der Waals surface area contributed by atoms with Crippen LogP contribution in [-0.2, 0) is 6.54 Å². The lowest BCUT2D eigenvalue weighted by molar-refractivity contribution is 0.365. The first-order valence-electron chi connectivity index (χ1n) is 5.58. The summed E-state index contributed by atoms with van der Waals surface area (Å²) in [5.41, 5.74) is 2.18. The second-order valence-electron chi connectivity index (χ2n) is 4.17. The van der Waals surface area contributed by atoms with E-state index in [2.05, 4.69) is 27.8 Å². The van der Waals surface area contributed by atoms with E-state index in [4.69, 9.17) is 0 Å². The molecule has 0 unspecified atom stereocenters. The number of fused-ring (bicyclic) bond motifs is 1. The van der Waals surface area contributed by atoms with Gasteiger partial charge in [0.2, 0.25) is 0 Å². The number of hydrogen-bond acceptors (Lipinski definition) is 2. The van der Waals surface area contributed by atoms with E-state index in [1.165, 1.54) is 0 Å². The quantitative estimate of drug-likeness (QED) is 0.791. The van der Waals surface area contributed by atoms with Crippen molar-refractivity contribution in [3.05, 3.63) is 30.0 Å². The van der Waals surface area contributed by atoms with Crippen molar-refractivity contribution in [2.45, 2.75) is 13.5 Å². The summed E-state index contributed by atoms with van der Waals surface area (Å²) in [6.07, 6.45) is 0. The molecule has 0 spiro atoms. The molecule has 0 radical (unpaired) electrons. The first-order chi connectivity index (χ1) is 8.19. The van der Waals surface area contributed by atoms with Gasteiger partial charge < -0.3 is 10.1 Å². The number of phenols is 1. The Morgan fingerprint density at radius 2 is 2.18 bits per heavy atom. The maximum Gasteiger partial charge on any atom is 0.116 e. The molecule has 0 aliphatic heterocycles. The molecule has 0 fully saturated rings. The number of phenolic OH excluding ortho intramolecular Hbond substituents is 1. The van der Waals surface area contributed by atoms with Crippen LogP contribution in [0.3, 0.4) is 0 Å². The maximum atomic E-state index is 9.39. The van der Waals surface area contributed by atoms with E-state index in [0.717, 1.165) is 29.7 Å². The van der Waals surface area contributed by atoms with Gasteiger partial charge in [0, 0.05) is 23.1 Å². The van der Waals surface area contributed by atoms with Crippen molar-refractivity contribution < 1.29 is 5.11 Å². The third-order valence-corrected chi connectivity index (χ3v) is 2.63. The molecule has 3 nitrogen and oxygen atoms in total. The lowest BCUT2D eigenvalue weighted by atomic mass is 10.2. The van der Waals surface area contributed by atoms with E-state index in [9.17, 15) is 5.11 Å². The van der Waals surface area contributed by atoms with Crippen molar-refractivity contribution in [3.8, 4) is 17.6 Å². The minimum atomic E-state index is 0.299. The van der Waals surface area contributed by atoms with E-state index in [1.54, 1.807) is 12.1 Å². The normalized spacial score (nSPS) is 10.5. The van der Waals surface area contributed by atoms with Gasteiger partial charge in [0.05, 0.1) is 6.54 Å². The van der Waals surface area contributed by atoms with Crippen molar-refractivity contribution >= 4 is 10.9 Å². The van der Waals surface area contributed by atoms with Crippen LogP contribution < -0.4 is 0 Å². The molecule has 0 saturated carbocycles. The SMILES string of the molecule is CC#CCN(C)Cc1cc2cc(O)ccc2[nH]1. The summed E-state index contributed by atoms with van der Waals surface area (Å²) in [6, 6.07) is 7.40. The van der Waals surface area contributed by atoms with Crippen LogP contribution >= 0.6 is 0 Å². The lowest BCUT2D eigenvalue weighted by Crippen LogP contribution is -2.17. The van der Waals surface area contributed by atoms with Crippen molar-refractivity contribution in [1.82, 2.24) is 9.88 Å². The molecular formula is C14H16N2O. The molecule has 0 amide bonds.